The first-order valence-electron chi connectivity index (χ1n) is 6.11. The van der Waals surface area contributed by atoms with Crippen molar-refractivity contribution in [3.8, 4) is 0 Å². The highest BCUT2D eigenvalue weighted by Gasteiger charge is 2.07. The molecule has 0 aliphatic heterocycles. The molecule has 0 spiro atoms. The van der Waals surface area contributed by atoms with Crippen molar-refractivity contribution < 1.29 is 9.53 Å². The molecule has 0 atom stereocenters. The van der Waals surface area contributed by atoms with Gasteiger partial charge in [-0.15, -0.1) is 0 Å². The summed E-state index contributed by atoms with van der Waals surface area (Å²) in [6.45, 7) is 6.32. The van der Waals surface area contributed by atoms with Gasteiger partial charge in [0.1, 0.15) is 6.54 Å². The van der Waals surface area contributed by atoms with E-state index in [1.807, 2.05) is 18.4 Å². The van der Waals surface area contributed by atoms with Gasteiger partial charge in [0.05, 0.1) is 18.6 Å². The van der Waals surface area contributed by atoms with Crippen molar-refractivity contribution in [3.63, 3.8) is 0 Å². The minimum absolute atomic E-state index is 0.00106. The largest absolute Gasteiger partial charge is 0.383 e. The van der Waals surface area contributed by atoms with E-state index in [0.29, 0.717) is 19.7 Å². The summed E-state index contributed by atoms with van der Waals surface area (Å²) in [5.74, 6) is 0.00106. The summed E-state index contributed by atoms with van der Waals surface area (Å²) < 4.78 is 6.80. The van der Waals surface area contributed by atoms with Gasteiger partial charge in [-0.3, -0.25) is 4.79 Å². The molecular weight excluding hydrogens is 232 g/mol. The number of hydrogen-bond acceptors (Lipinski definition) is 4. The average Bonchev–Trinajstić information content (AvgIpc) is 2.71. The maximum atomic E-state index is 11.6. The number of rotatable bonds is 8. The van der Waals surface area contributed by atoms with Gasteiger partial charge in [0, 0.05) is 32.4 Å². The predicted octanol–water partition coefficient (Wildman–Crippen LogP) is 0.144. The molecule has 1 heterocycles. The summed E-state index contributed by atoms with van der Waals surface area (Å²) in [6, 6.07) is 0.157. The quantitative estimate of drug-likeness (QED) is 0.648. The summed E-state index contributed by atoms with van der Waals surface area (Å²) >= 11 is 0. The number of nitrogens with one attached hydrogen (secondary N) is 2. The molecular formula is C12H22N4O2. The Labute approximate surface area is 108 Å². The molecule has 1 rings (SSSR count). The molecule has 6 heteroatoms. The van der Waals surface area contributed by atoms with E-state index in [0.717, 1.165) is 12.2 Å². The van der Waals surface area contributed by atoms with E-state index in [9.17, 15) is 4.79 Å². The maximum Gasteiger partial charge on any atom is 0.240 e. The lowest BCUT2D eigenvalue weighted by molar-refractivity contribution is -0.122. The van der Waals surface area contributed by atoms with Crippen LogP contribution in [0.2, 0.25) is 0 Å². The monoisotopic (exact) mass is 254 g/mol. The Morgan fingerprint density at radius 1 is 1.56 bits per heavy atom. The molecule has 0 fully saturated rings. The van der Waals surface area contributed by atoms with E-state index in [-0.39, 0.29) is 11.9 Å². The van der Waals surface area contributed by atoms with Crippen LogP contribution in [0.15, 0.2) is 12.5 Å². The molecule has 0 radical (unpaired) electrons. The number of hydrogen-bond donors (Lipinski definition) is 2. The van der Waals surface area contributed by atoms with Crippen molar-refractivity contribution in [1.29, 1.82) is 0 Å². The minimum atomic E-state index is 0.00106. The van der Waals surface area contributed by atoms with Crippen molar-refractivity contribution in [3.05, 3.63) is 18.2 Å². The van der Waals surface area contributed by atoms with Gasteiger partial charge in [-0.2, -0.15) is 0 Å². The number of nitrogens with zero attached hydrogens (tertiary/aromatic N) is 2. The van der Waals surface area contributed by atoms with Gasteiger partial charge >= 0.3 is 0 Å². The van der Waals surface area contributed by atoms with Crippen LogP contribution in [0.5, 0.6) is 0 Å². The molecule has 2 N–H and O–H groups in total. The summed E-state index contributed by atoms with van der Waals surface area (Å²) in [6.07, 6.45) is 3.44. The first-order valence-corrected chi connectivity index (χ1v) is 6.11. The Hall–Kier alpha value is -1.40. The maximum absolute atomic E-state index is 11.6. The fourth-order valence-electron chi connectivity index (χ4n) is 1.55. The van der Waals surface area contributed by atoms with Gasteiger partial charge in [-0.05, 0) is 13.8 Å². The van der Waals surface area contributed by atoms with Gasteiger partial charge < -0.3 is 19.9 Å². The minimum Gasteiger partial charge on any atom is -0.383 e. The van der Waals surface area contributed by atoms with Gasteiger partial charge in [0.15, 0.2) is 0 Å². The Balaban J connectivity index is 2.41. The van der Waals surface area contributed by atoms with Crippen molar-refractivity contribution in [2.24, 2.45) is 0 Å². The second-order valence-corrected chi connectivity index (χ2v) is 4.40. The van der Waals surface area contributed by atoms with E-state index < -0.39 is 0 Å². The highest BCUT2D eigenvalue weighted by atomic mass is 16.5. The SMILES string of the molecule is COCCNCc1cncn1CC(=O)NC(C)C. The standard InChI is InChI=1S/C12H22N4O2/c1-10(2)15-12(17)8-16-9-14-7-11(16)6-13-4-5-18-3/h7,9-10,13H,4-6,8H2,1-3H3,(H,15,17). The van der Waals surface area contributed by atoms with E-state index >= 15 is 0 Å². The number of methoxy groups -OCH3 is 1. The van der Waals surface area contributed by atoms with Gasteiger partial charge in [0.25, 0.3) is 0 Å². The second-order valence-electron chi connectivity index (χ2n) is 4.40. The van der Waals surface area contributed by atoms with Crippen LogP contribution in [0.25, 0.3) is 0 Å². The Kier molecular flexibility index (Phi) is 6.38. The first kappa shape index (κ1) is 14.7. The van der Waals surface area contributed by atoms with Crippen LogP contribution in [0.3, 0.4) is 0 Å². The van der Waals surface area contributed by atoms with Crippen LogP contribution in [0.4, 0.5) is 0 Å². The molecule has 0 unspecified atom stereocenters. The van der Waals surface area contributed by atoms with Crippen molar-refractivity contribution in [2.75, 3.05) is 20.3 Å². The molecule has 0 bridgehead atoms. The number of imidazole rings is 1. The number of ether oxygens (including phenoxy) is 1. The third kappa shape index (κ3) is 5.29. The molecule has 1 aromatic heterocycles. The van der Waals surface area contributed by atoms with Gasteiger partial charge in [-0.1, -0.05) is 0 Å². The molecule has 18 heavy (non-hydrogen) atoms. The summed E-state index contributed by atoms with van der Waals surface area (Å²) in [4.78, 5) is 15.7. The molecule has 6 nitrogen and oxygen atoms in total. The lowest BCUT2D eigenvalue weighted by Gasteiger charge is -2.11. The third-order valence-corrected chi connectivity index (χ3v) is 2.35. The fourth-order valence-corrected chi connectivity index (χ4v) is 1.55. The third-order valence-electron chi connectivity index (χ3n) is 2.35. The predicted molar refractivity (Wildman–Crippen MR) is 69.1 cm³/mol. The first-order chi connectivity index (χ1) is 8.63. The van der Waals surface area contributed by atoms with E-state index in [2.05, 4.69) is 15.6 Å². The zero-order chi connectivity index (χ0) is 13.4. The van der Waals surface area contributed by atoms with Crippen LogP contribution < -0.4 is 10.6 Å². The molecule has 0 saturated heterocycles. The topological polar surface area (TPSA) is 68.2 Å². The number of carbonyl (C=O) groups is 1. The summed E-state index contributed by atoms with van der Waals surface area (Å²) in [5, 5.41) is 6.08. The molecule has 0 saturated carbocycles. The van der Waals surface area contributed by atoms with Crippen LogP contribution >= 0.6 is 0 Å². The molecule has 102 valence electrons. The van der Waals surface area contributed by atoms with Crippen LogP contribution in [0, 0.1) is 0 Å². The van der Waals surface area contributed by atoms with Crippen molar-refractivity contribution in [1.82, 2.24) is 20.2 Å². The Morgan fingerprint density at radius 3 is 3.00 bits per heavy atom. The second kappa shape index (κ2) is 7.84. The molecule has 0 aliphatic carbocycles. The lowest BCUT2D eigenvalue weighted by Crippen LogP contribution is -2.33. The lowest BCUT2D eigenvalue weighted by atomic mass is 10.4. The zero-order valence-electron chi connectivity index (χ0n) is 11.3. The van der Waals surface area contributed by atoms with Crippen LogP contribution in [0.1, 0.15) is 19.5 Å². The van der Waals surface area contributed by atoms with Crippen molar-refractivity contribution in [2.45, 2.75) is 33.0 Å². The van der Waals surface area contributed by atoms with E-state index in [4.69, 9.17) is 4.74 Å². The van der Waals surface area contributed by atoms with Crippen molar-refractivity contribution >= 4 is 5.91 Å². The molecule has 0 aliphatic rings. The molecule has 0 aromatic carbocycles. The molecule has 1 amide bonds. The van der Waals surface area contributed by atoms with E-state index in [1.54, 1.807) is 19.6 Å². The summed E-state index contributed by atoms with van der Waals surface area (Å²) in [5.41, 5.74) is 0.991. The molecule has 1 aromatic rings. The normalized spacial score (nSPS) is 10.9. The zero-order valence-corrected chi connectivity index (χ0v) is 11.3. The van der Waals surface area contributed by atoms with Crippen LogP contribution in [-0.2, 0) is 22.6 Å². The highest BCUT2D eigenvalue weighted by molar-refractivity contribution is 5.76. The van der Waals surface area contributed by atoms with Gasteiger partial charge in [-0.25, -0.2) is 4.98 Å². The fraction of sp³-hybridized carbons (Fsp3) is 0.667. The Morgan fingerprint density at radius 2 is 2.33 bits per heavy atom. The number of aromatic nitrogens is 2. The summed E-state index contributed by atoms with van der Waals surface area (Å²) in [7, 11) is 1.67. The van der Waals surface area contributed by atoms with Gasteiger partial charge in [0.2, 0.25) is 5.91 Å². The average molecular weight is 254 g/mol. The number of amides is 1. The van der Waals surface area contributed by atoms with E-state index in [1.165, 1.54) is 0 Å². The Bertz CT molecular complexity index is 363. The van der Waals surface area contributed by atoms with Crippen LogP contribution in [-0.4, -0.2) is 41.8 Å². The number of carbonyl (C=O) groups excluding carboxylic acids is 1. The highest BCUT2D eigenvalue weighted by Crippen LogP contribution is 1.99. The smallest absolute Gasteiger partial charge is 0.240 e.